The summed E-state index contributed by atoms with van der Waals surface area (Å²) in [6.07, 6.45) is 0.420. The lowest BCUT2D eigenvalue weighted by atomic mass is 9.98. The highest BCUT2D eigenvalue weighted by Gasteiger charge is 2.15. The van der Waals surface area contributed by atoms with Gasteiger partial charge in [-0.05, 0) is 29.7 Å². The number of thiazole rings is 1. The zero-order valence-corrected chi connectivity index (χ0v) is 15.8. The van der Waals surface area contributed by atoms with Gasteiger partial charge in [0.15, 0.2) is 16.6 Å². The van der Waals surface area contributed by atoms with Gasteiger partial charge >= 0.3 is 0 Å². The van der Waals surface area contributed by atoms with Crippen molar-refractivity contribution in [3.05, 3.63) is 59.5 Å². The third-order valence-corrected chi connectivity index (χ3v) is 5.21. The minimum atomic E-state index is -0.0329. The molecule has 27 heavy (non-hydrogen) atoms. The fraction of sp³-hybridized carbons (Fsp3) is 0.238. The van der Waals surface area contributed by atoms with Crippen LogP contribution in [0.2, 0.25) is 0 Å². The molecular formula is C21H20N2O3S. The third kappa shape index (κ3) is 4.11. The Kier molecular flexibility index (Phi) is 5.07. The second-order valence-corrected chi connectivity index (χ2v) is 7.32. The van der Waals surface area contributed by atoms with Gasteiger partial charge in [0.25, 0.3) is 0 Å². The lowest BCUT2D eigenvalue weighted by Gasteiger charge is -2.18. The number of carbonyl (C=O) groups is 1. The average Bonchev–Trinajstić information content (AvgIpc) is 3.16. The highest BCUT2D eigenvalue weighted by molar-refractivity contribution is 7.14. The van der Waals surface area contributed by atoms with E-state index < -0.39 is 0 Å². The number of rotatable bonds is 5. The maximum absolute atomic E-state index is 12.4. The lowest BCUT2D eigenvalue weighted by Crippen LogP contribution is -2.15. The van der Waals surface area contributed by atoms with E-state index in [1.165, 1.54) is 11.3 Å². The average molecular weight is 380 g/mol. The van der Waals surface area contributed by atoms with Crippen molar-refractivity contribution in [1.29, 1.82) is 0 Å². The predicted octanol–water partition coefficient (Wildman–Crippen LogP) is 4.71. The van der Waals surface area contributed by atoms with E-state index in [-0.39, 0.29) is 11.8 Å². The maximum Gasteiger partial charge on any atom is 0.226 e. The van der Waals surface area contributed by atoms with Crippen LogP contribution in [-0.2, 0) is 4.79 Å². The zero-order valence-electron chi connectivity index (χ0n) is 15.0. The minimum absolute atomic E-state index is 0.0329. The van der Waals surface area contributed by atoms with Crippen LogP contribution in [0, 0.1) is 0 Å². The van der Waals surface area contributed by atoms with Crippen molar-refractivity contribution in [3.63, 3.8) is 0 Å². The van der Waals surface area contributed by atoms with Crippen molar-refractivity contribution >= 4 is 22.4 Å². The van der Waals surface area contributed by atoms with Crippen LogP contribution in [0.15, 0.2) is 53.9 Å². The van der Waals surface area contributed by atoms with Gasteiger partial charge in [-0.25, -0.2) is 4.98 Å². The van der Waals surface area contributed by atoms with E-state index in [0.29, 0.717) is 24.8 Å². The lowest BCUT2D eigenvalue weighted by molar-refractivity contribution is -0.116. The summed E-state index contributed by atoms with van der Waals surface area (Å²) in [5.74, 6) is 1.61. The molecule has 1 atom stereocenters. The van der Waals surface area contributed by atoms with Crippen LogP contribution >= 0.6 is 11.3 Å². The first-order valence-electron chi connectivity index (χ1n) is 8.89. The SMILES string of the molecule is C[C@@H](CC(=O)Nc1nc(-c2ccc3c(c2)OCCO3)cs1)c1ccccc1. The van der Waals surface area contributed by atoms with Crippen LogP contribution in [0.4, 0.5) is 5.13 Å². The maximum atomic E-state index is 12.4. The van der Waals surface area contributed by atoms with Gasteiger partial charge in [0, 0.05) is 17.4 Å². The van der Waals surface area contributed by atoms with Gasteiger partial charge < -0.3 is 14.8 Å². The number of amides is 1. The molecule has 0 radical (unpaired) electrons. The molecule has 6 heteroatoms. The van der Waals surface area contributed by atoms with Crippen LogP contribution in [0.1, 0.15) is 24.8 Å². The van der Waals surface area contributed by atoms with E-state index in [1.807, 2.05) is 53.9 Å². The normalized spacial score (nSPS) is 13.8. The number of nitrogens with zero attached hydrogens (tertiary/aromatic N) is 1. The second-order valence-electron chi connectivity index (χ2n) is 6.46. The molecule has 0 unspecified atom stereocenters. The number of anilines is 1. The Morgan fingerprint density at radius 2 is 1.93 bits per heavy atom. The van der Waals surface area contributed by atoms with E-state index in [4.69, 9.17) is 9.47 Å². The Morgan fingerprint density at radius 3 is 2.74 bits per heavy atom. The molecule has 1 N–H and O–H groups in total. The topological polar surface area (TPSA) is 60.5 Å². The zero-order chi connectivity index (χ0) is 18.6. The van der Waals surface area contributed by atoms with Crippen LogP contribution in [0.5, 0.6) is 11.5 Å². The molecule has 5 nitrogen and oxygen atoms in total. The second kappa shape index (κ2) is 7.80. The minimum Gasteiger partial charge on any atom is -0.486 e. The molecule has 1 amide bonds. The molecule has 2 aromatic carbocycles. The number of carbonyl (C=O) groups excluding carboxylic acids is 1. The fourth-order valence-corrected chi connectivity index (χ4v) is 3.75. The number of nitrogens with one attached hydrogen (secondary N) is 1. The molecule has 4 rings (SSSR count). The highest BCUT2D eigenvalue weighted by atomic mass is 32.1. The van der Waals surface area contributed by atoms with Gasteiger partial charge in [0.05, 0.1) is 5.69 Å². The molecule has 3 aromatic rings. The fourth-order valence-electron chi connectivity index (χ4n) is 3.01. The van der Waals surface area contributed by atoms with Gasteiger partial charge in [-0.3, -0.25) is 4.79 Å². The Hall–Kier alpha value is -2.86. The first-order valence-corrected chi connectivity index (χ1v) is 9.77. The summed E-state index contributed by atoms with van der Waals surface area (Å²) >= 11 is 1.42. The summed E-state index contributed by atoms with van der Waals surface area (Å²) in [5, 5.41) is 5.44. The van der Waals surface area contributed by atoms with E-state index in [9.17, 15) is 4.79 Å². The van der Waals surface area contributed by atoms with Crippen molar-refractivity contribution in [1.82, 2.24) is 4.98 Å². The molecule has 0 fully saturated rings. The Bertz CT molecular complexity index is 940. The molecular weight excluding hydrogens is 360 g/mol. The summed E-state index contributed by atoms with van der Waals surface area (Å²) in [4.78, 5) is 16.9. The first-order chi connectivity index (χ1) is 13.2. The number of benzene rings is 2. The number of ether oxygens (including phenoxy) is 2. The van der Waals surface area contributed by atoms with E-state index in [0.717, 1.165) is 28.3 Å². The number of aromatic nitrogens is 1. The van der Waals surface area contributed by atoms with Gasteiger partial charge in [0.1, 0.15) is 13.2 Å². The van der Waals surface area contributed by atoms with Crippen LogP contribution in [0.25, 0.3) is 11.3 Å². The summed E-state index contributed by atoms with van der Waals surface area (Å²) in [7, 11) is 0. The number of fused-ring (bicyclic) bond motifs is 1. The molecule has 1 aliphatic rings. The molecule has 0 saturated heterocycles. The highest BCUT2D eigenvalue weighted by Crippen LogP contribution is 2.35. The van der Waals surface area contributed by atoms with Crippen LogP contribution < -0.4 is 14.8 Å². The van der Waals surface area contributed by atoms with E-state index >= 15 is 0 Å². The molecule has 2 heterocycles. The molecule has 0 spiro atoms. The molecule has 0 bridgehead atoms. The van der Waals surface area contributed by atoms with E-state index in [1.54, 1.807) is 0 Å². The standard InChI is InChI=1S/C21H20N2O3S/c1-14(15-5-3-2-4-6-15)11-20(24)23-21-22-17(13-27-21)16-7-8-18-19(12-16)26-10-9-25-18/h2-8,12-14H,9-11H2,1H3,(H,22,23,24)/t14-/m0/s1. The number of hydrogen-bond donors (Lipinski definition) is 1. The summed E-state index contributed by atoms with van der Waals surface area (Å²) < 4.78 is 11.2. The molecule has 1 aromatic heterocycles. The third-order valence-electron chi connectivity index (χ3n) is 4.45. The van der Waals surface area contributed by atoms with Crippen molar-refractivity contribution in [2.75, 3.05) is 18.5 Å². The smallest absolute Gasteiger partial charge is 0.226 e. The largest absolute Gasteiger partial charge is 0.486 e. The Labute approximate surface area is 162 Å². The summed E-state index contributed by atoms with van der Waals surface area (Å²) in [6, 6.07) is 15.8. The monoisotopic (exact) mass is 380 g/mol. The van der Waals surface area contributed by atoms with Gasteiger partial charge in [0.2, 0.25) is 5.91 Å². The van der Waals surface area contributed by atoms with Crippen molar-refractivity contribution in [2.24, 2.45) is 0 Å². The number of hydrogen-bond acceptors (Lipinski definition) is 5. The first kappa shape index (κ1) is 17.5. The van der Waals surface area contributed by atoms with Gasteiger partial charge in [-0.1, -0.05) is 37.3 Å². The van der Waals surface area contributed by atoms with Crippen LogP contribution in [0.3, 0.4) is 0 Å². The Balaban J connectivity index is 1.41. The molecule has 0 saturated carbocycles. The quantitative estimate of drug-likeness (QED) is 0.696. The van der Waals surface area contributed by atoms with Crippen molar-refractivity contribution in [2.45, 2.75) is 19.3 Å². The predicted molar refractivity (Wildman–Crippen MR) is 107 cm³/mol. The molecule has 0 aliphatic carbocycles. The Morgan fingerprint density at radius 1 is 1.15 bits per heavy atom. The van der Waals surface area contributed by atoms with E-state index in [2.05, 4.69) is 17.2 Å². The van der Waals surface area contributed by atoms with Gasteiger partial charge in [-0.2, -0.15) is 0 Å². The molecule has 138 valence electrons. The summed E-state index contributed by atoms with van der Waals surface area (Å²) in [6.45, 7) is 3.17. The van der Waals surface area contributed by atoms with Crippen molar-refractivity contribution in [3.8, 4) is 22.8 Å². The molecule has 1 aliphatic heterocycles. The van der Waals surface area contributed by atoms with Gasteiger partial charge in [-0.15, -0.1) is 11.3 Å². The summed E-state index contributed by atoms with van der Waals surface area (Å²) in [5.41, 5.74) is 2.90. The van der Waals surface area contributed by atoms with Crippen molar-refractivity contribution < 1.29 is 14.3 Å². The van der Waals surface area contributed by atoms with Crippen LogP contribution in [-0.4, -0.2) is 24.1 Å².